The molecule has 0 spiro atoms. The second kappa shape index (κ2) is 8.06. The molecule has 3 N–H and O–H groups in total. The Kier molecular flexibility index (Phi) is 5.74. The first-order valence-corrected chi connectivity index (χ1v) is 13.3. The smallest absolute Gasteiger partial charge is 0.163 e. The Morgan fingerprint density at radius 2 is 2.00 bits per heavy atom. The Labute approximate surface area is 194 Å². The van der Waals surface area contributed by atoms with Gasteiger partial charge in [0.1, 0.15) is 0 Å². The third kappa shape index (κ3) is 3.15. The molecule has 32 heavy (non-hydrogen) atoms. The Morgan fingerprint density at radius 1 is 1.22 bits per heavy atom. The molecule has 0 aromatic carbocycles. The van der Waals surface area contributed by atoms with Crippen LogP contribution in [0.25, 0.3) is 0 Å². The number of Topliss-reactive ketones (excluding diaryl/α,β-unsaturated/α-hetero) is 1. The van der Waals surface area contributed by atoms with Gasteiger partial charge in [-0.1, -0.05) is 44.9 Å². The van der Waals surface area contributed by atoms with E-state index < -0.39 is 0 Å². The summed E-state index contributed by atoms with van der Waals surface area (Å²) in [4.78, 5) is 19.4. The SMILES string of the molecule is CC1=C2C(=O)C3C(CC=C4CC(ON)CCC43C)C2CCC1(C)C(C)C1NCCCC1C. The van der Waals surface area contributed by atoms with Crippen LogP contribution in [0.1, 0.15) is 86.0 Å². The normalized spacial score (nSPS) is 47.4. The molecule has 1 heterocycles. The topological polar surface area (TPSA) is 64.3 Å². The van der Waals surface area contributed by atoms with E-state index in [1.165, 1.54) is 42.4 Å². The van der Waals surface area contributed by atoms with Crippen molar-refractivity contribution in [2.75, 3.05) is 6.54 Å². The molecule has 0 aromatic rings. The van der Waals surface area contributed by atoms with Crippen molar-refractivity contribution in [3.63, 3.8) is 0 Å². The molecule has 0 radical (unpaired) electrons. The number of allylic oxidation sites excluding steroid dienone is 3. The van der Waals surface area contributed by atoms with Gasteiger partial charge in [-0.3, -0.25) is 4.79 Å². The van der Waals surface area contributed by atoms with Crippen LogP contribution in [-0.2, 0) is 9.63 Å². The van der Waals surface area contributed by atoms with Crippen LogP contribution in [0.4, 0.5) is 0 Å². The molecule has 1 aliphatic heterocycles. The van der Waals surface area contributed by atoms with Gasteiger partial charge >= 0.3 is 0 Å². The summed E-state index contributed by atoms with van der Waals surface area (Å²) in [5.74, 6) is 8.38. The number of carbonyl (C=O) groups is 1. The van der Waals surface area contributed by atoms with Crippen molar-refractivity contribution in [2.24, 2.45) is 46.3 Å². The molecule has 4 heteroatoms. The zero-order valence-electron chi connectivity index (χ0n) is 20.9. The molecule has 4 nitrogen and oxygen atoms in total. The van der Waals surface area contributed by atoms with E-state index in [1.807, 2.05) is 0 Å². The lowest BCUT2D eigenvalue weighted by atomic mass is 9.56. The average Bonchev–Trinajstić information content (AvgIpc) is 3.09. The van der Waals surface area contributed by atoms with E-state index in [-0.39, 0.29) is 22.9 Å². The number of nitrogens with one attached hydrogen (secondary N) is 1. The number of fused-ring (bicyclic) bond motifs is 5. The molecule has 0 bridgehead atoms. The summed E-state index contributed by atoms with van der Waals surface area (Å²) in [5, 5.41) is 3.85. The van der Waals surface area contributed by atoms with Crippen LogP contribution in [0.5, 0.6) is 0 Å². The van der Waals surface area contributed by atoms with E-state index in [1.54, 1.807) is 0 Å². The van der Waals surface area contributed by atoms with Gasteiger partial charge in [-0.05, 0) is 105 Å². The van der Waals surface area contributed by atoms with E-state index in [0.29, 0.717) is 35.5 Å². The van der Waals surface area contributed by atoms with E-state index in [4.69, 9.17) is 10.7 Å². The molecule has 0 amide bonds. The lowest BCUT2D eigenvalue weighted by molar-refractivity contribution is -0.123. The fourth-order valence-electron chi connectivity index (χ4n) is 8.80. The van der Waals surface area contributed by atoms with Crippen LogP contribution in [0.2, 0.25) is 0 Å². The first-order valence-electron chi connectivity index (χ1n) is 13.3. The van der Waals surface area contributed by atoms with E-state index in [2.05, 4.69) is 46.0 Å². The Balaban J connectivity index is 1.48. The second-order valence-electron chi connectivity index (χ2n) is 12.4. The first kappa shape index (κ1) is 22.8. The minimum Gasteiger partial charge on any atom is -0.313 e. The molecule has 178 valence electrons. The summed E-state index contributed by atoms with van der Waals surface area (Å²) in [6, 6.07) is 0.553. The molecule has 5 aliphatic rings. The van der Waals surface area contributed by atoms with Crippen molar-refractivity contribution in [1.29, 1.82) is 0 Å². The third-order valence-electron chi connectivity index (χ3n) is 11.2. The van der Waals surface area contributed by atoms with Crippen molar-refractivity contribution in [3.8, 4) is 0 Å². The number of rotatable bonds is 3. The molecule has 2 saturated carbocycles. The quantitative estimate of drug-likeness (QED) is 0.459. The zero-order valence-corrected chi connectivity index (χ0v) is 20.9. The van der Waals surface area contributed by atoms with Gasteiger partial charge in [0.2, 0.25) is 0 Å². The van der Waals surface area contributed by atoms with Gasteiger partial charge < -0.3 is 10.2 Å². The number of hydrogen-bond donors (Lipinski definition) is 2. The van der Waals surface area contributed by atoms with Crippen LogP contribution in [0.3, 0.4) is 0 Å². The molecule has 4 aliphatic carbocycles. The van der Waals surface area contributed by atoms with Crippen LogP contribution in [0, 0.1) is 40.4 Å². The highest BCUT2D eigenvalue weighted by Gasteiger charge is 2.60. The van der Waals surface area contributed by atoms with Gasteiger partial charge in [-0.2, -0.15) is 0 Å². The van der Waals surface area contributed by atoms with Crippen LogP contribution < -0.4 is 11.2 Å². The van der Waals surface area contributed by atoms with E-state index >= 15 is 0 Å². The molecule has 9 unspecified atom stereocenters. The van der Waals surface area contributed by atoms with Crippen molar-refractivity contribution < 1.29 is 9.63 Å². The van der Waals surface area contributed by atoms with E-state index in [0.717, 1.165) is 32.2 Å². The fourth-order valence-corrected chi connectivity index (χ4v) is 8.80. The van der Waals surface area contributed by atoms with Crippen molar-refractivity contribution >= 4 is 5.78 Å². The molecular formula is C28H44N2O2. The van der Waals surface area contributed by atoms with Gasteiger partial charge in [0.05, 0.1) is 6.10 Å². The summed E-state index contributed by atoms with van der Waals surface area (Å²) in [6.45, 7) is 13.1. The number of hydrogen-bond acceptors (Lipinski definition) is 4. The summed E-state index contributed by atoms with van der Waals surface area (Å²) in [7, 11) is 0. The highest BCUT2D eigenvalue weighted by molar-refractivity contribution is 6.02. The maximum Gasteiger partial charge on any atom is 0.163 e. The maximum atomic E-state index is 14.2. The van der Waals surface area contributed by atoms with Gasteiger partial charge in [0, 0.05) is 12.0 Å². The van der Waals surface area contributed by atoms with Crippen LogP contribution in [-0.4, -0.2) is 24.5 Å². The lowest BCUT2D eigenvalue weighted by Crippen LogP contribution is -2.50. The Hall–Kier alpha value is -0.970. The minimum absolute atomic E-state index is 0.0128. The molecular weight excluding hydrogens is 396 g/mol. The first-order chi connectivity index (χ1) is 15.2. The maximum absolute atomic E-state index is 14.2. The summed E-state index contributed by atoms with van der Waals surface area (Å²) in [5.41, 5.74) is 4.19. The molecule has 9 atom stereocenters. The number of nitrogens with two attached hydrogens (primary N) is 1. The second-order valence-corrected chi connectivity index (χ2v) is 12.4. The molecule has 0 aromatic heterocycles. The van der Waals surface area contributed by atoms with Gasteiger partial charge in [-0.25, -0.2) is 5.90 Å². The monoisotopic (exact) mass is 440 g/mol. The average molecular weight is 441 g/mol. The summed E-state index contributed by atoms with van der Waals surface area (Å²) in [6.07, 6.45) is 11.5. The predicted molar refractivity (Wildman–Crippen MR) is 129 cm³/mol. The molecule has 5 rings (SSSR count). The largest absolute Gasteiger partial charge is 0.313 e. The Morgan fingerprint density at radius 3 is 2.72 bits per heavy atom. The minimum atomic E-state index is -0.0128. The van der Waals surface area contributed by atoms with Crippen molar-refractivity contribution in [1.82, 2.24) is 5.32 Å². The molecule has 1 saturated heterocycles. The number of piperidine rings is 1. The fraction of sp³-hybridized carbons (Fsp3) is 0.821. The van der Waals surface area contributed by atoms with Gasteiger partial charge in [0.15, 0.2) is 5.78 Å². The highest BCUT2D eigenvalue weighted by Crippen LogP contribution is 2.63. The van der Waals surface area contributed by atoms with Crippen molar-refractivity contribution in [3.05, 3.63) is 22.8 Å². The summed E-state index contributed by atoms with van der Waals surface area (Å²) < 4.78 is 0. The predicted octanol–water partition coefficient (Wildman–Crippen LogP) is 5.34. The van der Waals surface area contributed by atoms with Crippen LogP contribution >= 0.6 is 0 Å². The lowest BCUT2D eigenvalue weighted by Gasteiger charge is -2.49. The zero-order chi connectivity index (χ0) is 22.8. The van der Waals surface area contributed by atoms with Crippen molar-refractivity contribution in [2.45, 2.75) is 98.1 Å². The summed E-state index contributed by atoms with van der Waals surface area (Å²) >= 11 is 0. The number of ketones is 1. The van der Waals surface area contributed by atoms with Gasteiger partial charge in [-0.15, -0.1) is 0 Å². The van der Waals surface area contributed by atoms with Crippen LogP contribution in [0.15, 0.2) is 22.8 Å². The standard InChI is InChI=1S/C28H44N2O2/c1-16-7-6-14-30-25(16)18(3)27(4)13-11-21-22-9-8-19-15-20(32-29)10-12-28(19,5)24(22)26(31)23(21)17(27)2/h8,16,18,20-22,24-25,30H,6-7,9-15,29H2,1-5H3. The Bertz CT molecular complexity index is 846. The highest BCUT2D eigenvalue weighted by atomic mass is 16.6. The van der Waals surface area contributed by atoms with Gasteiger partial charge in [0.25, 0.3) is 0 Å². The van der Waals surface area contributed by atoms with E-state index in [9.17, 15) is 4.79 Å². The molecule has 3 fully saturated rings. The third-order valence-corrected chi connectivity index (χ3v) is 11.2. The number of carbonyl (C=O) groups excluding carboxylic acids is 1.